The van der Waals surface area contributed by atoms with Crippen LogP contribution in [-0.2, 0) is 11.6 Å². The number of aromatic nitrogens is 5. The fourth-order valence-electron chi connectivity index (χ4n) is 3.06. The minimum atomic E-state index is -4.54. The number of pyridine rings is 3. The second kappa shape index (κ2) is 7.57. The zero-order chi connectivity index (χ0) is 22.2. The van der Waals surface area contributed by atoms with Gasteiger partial charge in [-0.3, -0.25) is 9.97 Å². The predicted molar refractivity (Wildman–Crippen MR) is 112 cm³/mol. The molecule has 158 valence electrons. The van der Waals surface area contributed by atoms with Crippen molar-refractivity contribution in [3.8, 4) is 11.4 Å². The molecule has 0 aromatic carbocycles. The molecule has 0 aliphatic heterocycles. The average Bonchev–Trinajstić information content (AvgIpc) is 2.73. The lowest BCUT2D eigenvalue weighted by molar-refractivity contribution is -0.137. The number of fused-ring (bicyclic) bond motifs is 1. The van der Waals surface area contributed by atoms with Crippen molar-refractivity contribution in [1.29, 1.82) is 0 Å². The molecule has 0 unspecified atom stereocenters. The zero-order valence-corrected chi connectivity index (χ0v) is 17.1. The third kappa shape index (κ3) is 4.30. The average molecular weight is 424 g/mol. The second-order valence-corrected chi connectivity index (χ2v) is 7.99. The van der Waals surface area contributed by atoms with E-state index < -0.39 is 11.7 Å². The smallest absolute Gasteiger partial charge is 0.338 e. The largest absolute Gasteiger partial charge is 0.418 e. The van der Waals surface area contributed by atoms with Gasteiger partial charge in [0.15, 0.2) is 5.65 Å². The van der Waals surface area contributed by atoms with Crippen molar-refractivity contribution >= 4 is 22.5 Å². The van der Waals surface area contributed by atoms with E-state index in [2.05, 4.69) is 51.0 Å². The summed E-state index contributed by atoms with van der Waals surface area (Å²) in [6, 6.07) is 9.17. The number of rotatable bonds is 3. The molecule has 0 fully saturated rings. The summed E-state index contributed by atoms with van der Waals surface area (Å²) in [5.41, 5.74) is 0.857. The monoisotopic (exact) mass is 424 g/mol. The predicted octanol–water partition coefficient (Wildman–Crippen LogP) is 5.54. The molecule has 0 amide bonds. The number of alkyl halides is 3. The van der Waals surface area contributed by atoms with Crippen molar-refractivity contribution in [2.75, 3.05) is 5.32 Å². The normalized spacial score (nSPS) is 12.2. The molecule has 31 heavy (non-hydrogen) atoms. The van der Waals surface area contributed by atoms with Gasteiger partial charge in [0.2, 0.25) is 0 Å². The van der Waals surface area contributed by atoms with Crippen LogP contribution >= 0.6 is 0 Å². The van der Waals surface area contributed by atoms with Gasteiger partial charge in [0.05, 0.1) is 28.5 Å². The number of nitrogens with one attached hydrogen (secondary N) is 1. The molecule has 0 atom stereocenters. The summed E-state index contributed by atoms with van der Waals surface area (Å²) < 4.78 is 40.0. The minimum absolute atomic E-state index is 0.0682. The standard InChI is InChI=1S/C22H19F3N6/c1-21(2,3)17-9-6-13(11-27-17)30-19-14-7-8-16(31-20(14)29-12-28-19)18-15(22(23,24)25)5-4-10-26-18/h4-12H,1-3H3,(H,28,29,30,31). The molecule has 4 aromatic heterocycles. The van der Waals surface area contributed by atoms with Gasteiger partial charge < -0.3 is 5.32 Å². The van der Waals surface area contributed by atoms with E-state index >= 15 is 0 Å². The van der Waals surface area contributed by atoms with Crippen molar-refractivity contribution in [2.45, 2.75) is 32.4 Å². The minimum Gasteiger partial charge on any atom is -0.338 e. The van der Waals surface area contributed by atoms with Gasteiger partial charge in [-0.1, -0.05) is 20.8 Å². The summed E-state index contributed by atoms with van der Waals surface area (Å²) >= 11 is 0. The van der Waals surface area contributed by atoms with Crippen LogP contribution in [0.5, 0.6) is 0 Å². The van der Waals surface area contributed by atoms with E-state index in [4.69, 9.17) is 0 Å². The highest BCUT2D eigenvalue weighted by Gasteiger charge is 2.34. The molecular formula is C22H19F3N6. The van der Waals surface area contributed by atoms with Crippen LogP contribution in [0.25, 0.3) is 22.4 Å². The van der Waals surface area contributed by atoms with Crippen LogP contribution < -0.4 is 5.32 Å². The van der Waals surface area contributed by atoms with E-state index in [1.807, 2.05) is 12.1 Å². The van der Waals surface area contributed by atoms with Crippen LogP contribution in [0.2, 0.25) is 0 Å². The Balaban J connectivity index is 1.70. The topological polar surface area (TPSA) is 76.5 Å². The Labute approximate surface area is 176 Å². The number of nitrogens with zero attached hydrogens (tertiary/aromatic N) is 5. The van der Waals surface area contributed by atoms with Gasteiger partial charge >= 0.3 is 6.18 Å². The van der Waals surface area contributed by atoms with Crippen molar-refractivity contribution in [3.63, 3.8) is 0 Å². The first-order chi connectivity index (χ1) is 14.6. The van der Waals surface area contributed by atoms with E-state index in [0.717, 1.165) is 17.4 Å². The van der Waals surface area contributed by atoms with Gasteiger partial charge in [-0.2, -0.15) is 13.2 Å². The van der Waals surface area contributed by atoms with Crippen molar-refractivity contribution in [3.05, 3.63) is 66.4 Å². The first-order valence-electron chi connectivity index (χ1n) is 9.51. The Morgan fingerprint density at radius 1 is 0.871 bits per heavy atom. The maximum atomic E-state index is 13.3. The van der Waals surface area contributed by atoms with E-state index in [9.17, 15) is 13.2 Å². The molecule has 6 nitrogen and oxygen atoms in total. The molecule has 0 saturated heterocycles. The van der Waals surface area contributed by atoms with Gasteiger partial charge in [-0.15, -0.1) is 0 Å². The van der Waals surface area contributed by atoms with Crippen LogP contribution in [0.3, 0.4) is 0 Å². The summed E-state index contributed by atoms with van der Waals surface area (Å²) in [7, 11) is 0. The van der Waals surface area contributed by atoms with Gasteiger partial charge in [-0.25, -0.2) is 15.0 Å². The number of anilines is 2. The number of hydrogen-bond donors (Lipinski definition) is 1. The SMILES string of the molecule is CC(C)(C)c1ccc(Nc2ncnc3nc(-c4ncccc4C(F)(F)F)ccc23)cn1. The van der Waals surface area contributed by atoms with E-state index in [0.29, 0.717) is 11.2 Å². The lowest BCUT2D eigenvalue weighted by Gasteiger charge is -2.18. The summed E-state index contributed by atoms with van der Waals surface area (Å²) in [5.74, 6) is 0.478. The summed E-state index contributed by atoms with van der Waals surface area (Å²) in [4.78, 5) is 21.0. The lowest BCUT2D eigenvalue weighted by Crippen LogP contribution is -2.13. The molecular weight excluding hydrogens is 405 g/mol. The van der Waals surface area contributed by atoms with E-state index in [1.54, 1.807) is 12.3 Å². The molecule has 0 spiro atoms. The molecule has 0 saturated carbocycles. The first kappa shape index (κ1) is 20.6. The second-order valence-electron chi connectivity index (χ2n) is 7.99. The Hall–Kier alpha value is -3.62. The molecule has 0 aliphatic carbocycles. The molecule has 0 aliphatic rings. The Kier molecular flexibility index (Phi) is 5.04. The van der Waals surface area contributed by atoms with Crippen LogP contribution in [0.1, 0.15) is 32.0 Å². The molecule has 9 heteroatoms. The van der Waals surface area contributed by atoms with E-state index in [-0.39, 0.29) is 22.5 Å². The van der Waals surface area contributed by atoms with Crippen LogP contribution in [0, 0.1) is 0 Å². The maximum absolute atomic E-state index is 13.3. The molecule has 1 N–H and O–H groups in total. The third-order valence-electron chi connectivity index (χ3n) is 4.65. The number of halogens is 3. The molecule has 4 heterocycles. The van der Waals surface area contributed by atoms with Gasteiger partial charge in [0, 0.05) is 17.3 Å². The van der Waals surface area contributed by atoms with Crippen molar-refractivity contribution in [1.82, 2.24) is 24.9 Å². The molecule has 0 radical (unpaired) electrons. The van der Waals surface area contributed by atoms with Gasteiger partial charge in [0.1, 0.15) is 17.8 Å². The zero-order valence-electron chi connectivity index (χ0n) is 17.1. The summed E-state index contributed by atoms with van der Waals surface area (Å²) in [6.07, 6.45) is -0.218. The highest BCUT2D eigenvalue weighted by molar-refractivity contribution is 5.89. The molecule has 4 aromatic rings. The summed E-state index contributed by atoms with van der Waals surface area (Å²) in [6.45, 7) is 6.24. The number of hydrogen-bond acceptors (Lipinski definition) is 6. The van der Waals surface area contributed by atoms with E-state index in [1.165, 1.54) is 24.7 Å². The van der Waals surface area contributed by atoms with Crippen molar-refractivity contribution in [2.24, 2.45) is 0 Å². The van der Waals surface area contributed by atoms with Crippen LogP contribution in [-0.4, -0.2) is 24.9 Å². The first-order valence-corrected chi connectivity index (χ1v) is 9.51. The fourth-order valence-corrected chi connectivity index (χ4v) is 3.06. The highest BCUT2D eigenvalue weighted by Crippen LogP contribution is 2.35. The fraction of sp³-hybridized carbons (Fsp3) is 0.227. The Bertz CT molecular complexity index is 1230. The maximum Gasteiger partial charge on any atom is 0.418 e. The van der Waals surface area contributed by atoms with Crippen LogP contribution in [0.4, 0.5) is 24.7 Å². The molecule has 4 rings (SSSR count). The van der Waals surface area contributed by atoms with Crippen molar-refractivity contribution < 1.29 is 13.2 Å². The third-order valence-corrected chi connectivity index (χ3v) is 4.65. The molecule has 0 bridgehead atoms. The van der Waals surface area contributed by atoms with Gasteiger partial charge in [-0.05, 0) is 36.4 Å². The highest BCUT2D eigenvalue weighted by atomic mass is 19.4. The van der Waals surface area contributed by atoms with Crippen LogP contribution in [0.15, 0.2) is 55.1 Å². The van der Waals surface area contributed by atoms with Gasteiger partial charge in [0.25, 0.3) is 0 Å². The summed E-state index contributed by atoms with van der Waals surface area (Å²) in [5, 5.41) is 3.74. The Morgan fingerprint density at radius 2 is 1.68 bits per heavy atom. The quantitative estimate of drug-likeness (QED) is 0.465. The lowest BCUT2D eigenvalue weighted by atomic mass is 9.92. The Morgan fingerprint density at radius 3 is 2.35 bits per heavy atom.